The molecule has 3 heterocycles. The Hall–Kier alpha value is -4.20. The summed E-state index contributed by atoms with van der Waals surface area (Å²) in [5, 5.41) is 26.4. The number of unbranched alkanes of at least 4 members (excludes halogenated alkanes) is 1. The minimum Gasteiger partial charge on any atom is -0.458 e. The first-order valence-corrected chi connectivity index (χ1v) is 22.5. The third-order valence-electron chi connectivity index (χ3n) is 13.0. The van der Waals surface area contributed by atoms with E-state index in [-0.39, 0.29) is 30.3 Å². The smallest absolute Gasteiger partial charge is 0.410 e. The molecule has 0 spiro atoms. The van der Waals surface area contributed by atoms with Crippen molar-refractivity contribution in [1.29, 1.82) is 0 Å². The maximum atomic E-state index is 14.4. The van der Waals surface area contributed by atoms with E-state index in [9.17, 15) is 24.3 Å². The maximum Gasteiger partial charge on any atom is 0.410 e. The van der Waals surface area contributed by atoms with Gasteiger partial charge in [0.15, 0.2) is 11.4 Å². The number of methoxy groups -OCH3 is 1. The van der Waals surface area contributed by atoms with Crippen LogP contribution < -0.4 is 27.8 Å². The monoisotopic (exact) mass is 886 g/mol. The number of aryl methyl sites for hydroxylation is 1. The summed E-state index contributed by atoms with van der Waals surface area (Å²) in [7, 11) is 1.56. The van der Waals surface area contributed by atoms with Gasteiger partial charge in [-0.1, -0.05) is 45.0 Å². The van der Waals surface area contributed by atoms with Crippen molar-refractivity contribution >= 4 is 29.4 Å². The number of ketones is 1. The van der Waals surface area contributed by atoms with Gasteiger partial charge in [0.05, 0.1) is 42.7 Å². The molecule has 0 saturated carbocycles. The highest BCUT2D eigenvalue weighted by Gasteiger charge is 2.58. The number of amides is 2. The number of ether oxygens (including phenoxy) is 4. The Kier molecular flexibility index (Phi) is 18.5. The quantitative estimate of drug-likeness (QED) is 0.0578. The predicted molar refractivity (Wildman–Crippen MR) is 239 cm³/mol. The second-order valence-corrected chi connectivity index (χ2v) is 18.4. The molecular weight excluding hydrogens is 811 g/mol. The lowest BCUT2D eigenvalue weighted by Crippen LogP contribution is -2.61. The molecule has 2 unspecified atom stereocenters. The van der Waals surface area contributed by atoms with E-state index >= 15 is 0 Å². The number of hydrogen-bond donors (Lipinski definition) is 6. The fourth-order valence-corrected chi connectivity index (χ4v) is 9.36. The molecule has 2 aliphatic heterocycles. The van der Waals surface area contributed by atoms with Crippen molar-refractivity contribution in [3.63, 3.8) is 0 Å². The molecule has 2 fully saturated rings. The number of nitrogens with zero attached hydrogens (tertiary/aromatic N) is 4. The van der Waals surface area contributed by atoms with Crippen LogP contribution in [0.25, 0.3) is 11.3 Å². The number of aromatic nitrogens is 3. The molecule has 13 atom stereocenters. The van der Waals surface area contributed by atoms with E-state index in [1.807, 2.05) is 58.2 Å². The molecule has 0 aliphatic carbocycles. The first-order chi connectivity index (χ1) is 29.7. The Morgan fingerprint density at radius 2 is 1.83 bits per heavy atom. The molecule has 1 aromatic heterocycles. The van der Waals surface area contributed by atoms with Gasteiger partial charge in [0, 0.05) is 56.0 Å². The molecule has 1 aromatic carbocycles. The van der Waals surface area contributed by atoms with E-state index in [1.54, 1.807) is 37.5 Å². The molecule has 0 bridgehead atoms. The second-order valence-electron chi connectivity index (χ2n) is 18.4. The Morgan fingerprint density at radius 3 is 2.48 bits per heavy atom. The first kappa shape index (κ1) is 51.4. The number of aliphatic hydroxyl groups is 1. The van der Waals surface area contributed by atoms with E-state index < -0.39 is 77.4 Å². The summed E-state index contributed by atoms with van der Waals surface area (Å²) in [6, 6.07) is 5.89. The van der Waals surface area contributed by atoms with E-state index in [0.717, 1.165) is 5.56 Å². The number of aliphatic hydroxyl groups excluding tert-OH is 1. The Morgan fingerprint density at radius 1 is 1.13 bits per heavy atom. The highest BCUT2D eigenvalue weighted by atomic mass is 16.6. The van der Waals surface area contributed by atoms with Crippen LogP contribution in [0.5, 0.6) is 0 Å². The van der Waals surface area contributed by atoms with E-state index in [1.165, 1.54) is 6.92 Å². The van der Waals surface area contributed by atoms with Gasteiger partial charge in [-0.25, -0.2) is 4.79 Å². The van der Waals surface area contributed by atoms with Gasteiger partial charge in [0.1, 0.15) is 17.7 Å². The van der Waals surface area contributed by atoms with Gasteiger partial charge in [-0.15, -0.1) is 5.10 Å². The van der Waals surface area contributed by atoms with Crippen LogP contribution in [0.2, 0.25) is 0 Å². The van der Waals surface area contributed by atoms with Crippen LogP contribution in [0.1, 0.15) is 94.4 Å². The van der Waals surface area contributed by atoms with Crippen LogP contribution in [0.3, 0.4) is 0 Å². The van der Waals surface area contributed by atoms with E-state index in [0.29, 0.717) is 69.7 Å². The van der Waals surface area contributed by atoms with E-state index in [4.69, 9.17) is 36.1 Å². The zero-order valence-electron chi connectivity index (χ0n) is 39.0. The molecule has 18 heteroatoms. The van der Waals surface area contributed by atoms with Gasteiger partial charge in [0.2, 0.25) is 5.91 Å². The fourth-order valence-electron chi connectivity index (χ4n) is 9.36. The number of fused-ring (bicyclic) bond motifs is 1. The number of Topliss-reactive ketones (excluding diaryl/α,β-unsaturated/α-hetero) is 1. The molecule has 18 nitrogen and oxygen atoms in total. The number of carbonyl (C=O) groups is 4. The SMILES string of the molecule is CC[C@H]1OC(=O)[C@H](C)C(=O)[C@H](C)[C@@H](O[C@H](C)C(O)C(N)C[C@H](C)CNC(=O)CN)[C@](C)(OC)C[C@@H](C)CN[C@H](C)[C@H]2N(CCCCn3cc(-c4cccc(N)c4)nn3)C(=O)O[C@]12C. The number of nitrogens with one attached hydrogen (secondary N) is 2. The average Bonchev–Trinajstić information content (AvgIpc) is 3.83. The largest absolute Gasteiger partial charge is 0.458 e. The summed E-state index contributed by atoms with van der Waals surface area (Å²) in [4.78, 5) is 55.7. The van der Waals surface area contributed by atoms with Crippen molar-refractivity contribution in [2.45, 2.75) is 155 Å². The predicted octanol–water partition coefficient (Wildman–Crippen LogP) is 3.04. The molecule has 2 aliphatic rings. The summed E-state index contributed by atoms with van der Waals surface area (Å²) in [5.41, 5.74) is 17.8. The molecule has 354 valence electrons. The standard InChI is InChI=1S/C45H75N9O9/c1-11-36-45(9)40(54(43(59)63-45)18-13-12-17-53-25-35(51-52-53)32-15-14-16-33(47)20-32)30(6)49-24-27(3)21-44(8,60-10)41(28(4)38(56)29(5)42(58)62-36)61-31(7)39(57)34(48)19-26(2)23-50-37(55)22-46/h14-16,20,25-31,34,36,39-41,49,57H,11-13,17-19,21-24,46-48H2,1-10H3,(H,50,55)/t26-,27+,28-,29+,30+,31+,34?,36+,39?,40+,41+,44+,45+/m0/s1. The van der Waals surface area contributed by atoms with Crippen molar-refractivity contribution in [3.8, 4) is 11.3 Å². The van der Waals surface area contributed by atoms with E-state index in [2.05, 4.69) is 27.9 Å². The number of nitrogens with two attached hydrogens (primary N) is 3. The molecule has 2 aromatic rings. The number of hydrogen-bond acceptors (Lipinski definition) is 15. The zero-order chi connectivity index (χ0) is 46.8. The number of carbonyl (C=O) groups excluding carboxylic acids is 4. The van der Waals surface area contributed by atoms with Crippen molar-refractivity contribution in [2.75, 3.05) is 39.0 Å². The molecule has 63 heavy (non-hydrogen) atoms. The lowest BCUT2D eigenvalue weighted by atomic mass is 9.78. The number of benzene rings is 1. The number of cyclic esters (lactones) is 1. The topological polar surface area (TPSA) is 262 Å². The van der Waals surface area contributed by atoms with Crippen LogP contribution in [0, 0.1) is 23.7 Å². The van der Waals surface area contributed by atoms with Gasteiger partial charge in [0.25, 0.3) is 0 Å². The molecule has 4 rings (SSSR count). The summed E-state index contributed by atoms with van der Waals surface area (Å²) < 4.78 is 27.0. The molecule has 9 N–H and O–H groups in total. The van der Waals surface area contributed by atoms with Crippen LogP contribution in [-0.2, 0) is 39.9 Å². The highest BCUT2D eigenvalue weighted by Crippen LogP contribution is 2.40. The second kappa shape index (κ2) is 22.6. The van der Waals surface area contributed by atoms with Crippen LogP contribution in [-0.4, -0.2) is 136 Å². The van der Waals surface area contributed by atoms with Crippen LogP contribution in [0.15, 0.2) is 30.5 Å². The van der Waals surface area contributed by atoms with Gasteiger partial charge >= 0.3 is 12.1 Å². The van der Waals surface area contributed by atoms with Gasteiger partial charge < -0.3 is 51.9 Å². The average molecular weight is 886 g/mol. The Labute approximate surface area is 373 Å². The number of nitrogen functional groups attached to an aromatic ring is 1. The zero-order valence-corrected chi connectivity index (χ0v) is 39.0. The molecule has 0 radical (unpaired) electrons. The third kappa shape index (κ3) is 12.8. The van der Waals surface area contributed by atoms with Gasteiger partial charge in [-0.2, -0.15) is 0 Å². The van der Waals surface area contributed by atoms with Crippen molar-refractivity contribution in [1.82, 2.24) is 30.5 Å². The minimum atomic E-state index is -1.26. The number of esters is 1. The fraction of sp³-hybridized carbons (Fsp3) is 0.733. The van der Waals surface area contributed by atoms with Gasteiger partial charge in [-0.3, -0.25) is 24.0 Å². The van der Waals surface area contributed by atoms with Crippen molar-refractivity contribution in [3.05, 3.63) is 30.5 Å². The van der Waals surface area contributed by atoms with Crippen LogP contribution >= 0.6 is 0 Å². The lowest BCUT2D eigenvalue weighted by molar-refractivity contribution is -0.190. The first-order valence-electron chi connectivity index (χ1n) is 22.5. The van der Waals surface area contributed by atoms with Gasteiger partial charge in [-0.05, 0) is 97.2 Å². The number of rotatable bonds is 17. The Balaban J connectivity index is 1.55. The normalized spacial score (nSPS) is 30.6. The molecule has 2 saturated heterocycles. The minimum absolute atomic E-state index is 0.0436. The molecule has 2 amide bonds. The van der Waals surface area contributed by atoms with Crippen LogP contribution in [0.4, 0.5) is 10.5 Å². The summed E-state index contributed by atoms with van der Waals surface area (Å²) in [6.07, 6.45) is 0.0715. The highest BCUT2D eigenvalue weighted by molar-refractivity contribution is 6.00. The van der Waals surface area contributed by atoms with Crippen molar-refractivity contribution in [2.24, 2.45) is 35.1 Å². The summed E-state index contributed by atoms with van der Waals surface area (Å²) in [5.74, 6) is -3.65. The Bertz CT molecular complexity index is 1830. The summed E-state index contributed by atoms with van der Waals surface area (Å²) >= 11 is 0. The molecular formula is C45H75N9O9. The number of anilines is 1. The maximum absolute atomic E-state index is 14.4. The lowest BCUT2D eigenvalue weighted by Gasteiger charge is -2.43. The van der Waals surface area contributed by atoms with Crippen molar-refractivity contribution < 1.29 is 43.2 Å². The summed E-state index contributed by atoms with van der Waals surface area (Å²) in [6.45, 7) is 18.1. The third-order valence-corrected chi connectivity index (χ3v) is 13.0.